The van der Waals surface area contributed by atoms with Gasteiger partial charge in [-0.15, -0.1) is 0 Å². The number of benzene rings is 2. The molecule has 52 heavy (non-hydrogen) atoms. The molecule has 4 aromatic rings. The summed E-state index contributed by atoms with van der Waals surface area (Å²) < 4.78 is 62.9. The van der Waals surface area contributed by atoms with Gasteiger partial charge in [0.05, 0.1) is 33.8 Å². The Hall–Kier alpha value is -4.93. The first-order chi connectivity index (χ1) is 24.3. The lowest BCUT2D eigenvalue weighted by molar-refractivity contribution is -0.783. The number of aryl methyl sites for hydroxylation is 1. The fraction of sp³-hybridized carbons (Fsp3) is 0.471. The van der Waals surface area contributed by atoms with Gasteiger partial charge in [0.15, 0.2) is 17.3 Å². The van der Waals surface area contributed by atoms with E-state index in [1.807, 2.05) is 20.8 Å². The molecule has 0 spiro atoms. The Morgan fingerprint density at radius 3 is 2.40 bits per heavy atom. The molecule has 1 fully saturated rings. The third kappa shape index (κ3) is 6.97. The molecule has 3 heterocycles. The number of carbonyl (C=O) groups is 2. The van der Waals surface area contributed by atoms with Gasteiger partial charge >= 0.3 is 11.8 Å². The van der Waals surface area contributed by atoms with E-state index in [2.05, 4.69) is 25.5 Å². The molecule has 0 bridgehead atoms. The molecule has 2 aromatic carbocycles. The fourth-order valence-electron chi connectivity index (χ4n) is 6.62. The Kier molecular flexibility index (Phi) is 9.38. The Morgan fingerprint density at radius 1 is 1.13 bits per heavy atom. The van der Waals surface area contributed by atoms with Crippen molar-refractivity contribution in [1.82, 2.24) is 35.1 Å². The summed E-state index contributed by atoms with van der Waals surface area (Å²) in [6.07, 6.45) is -2.06. The highest BCUT2D eigenvalue weighted by molar-refractivity contribution is 6.32. The molecule has 276 valence electrons. The number of aromatic amines is 1. The van der Waals surface area contributed by atoms with E-state index in [-0.39, 0.29) is 41.5 Å². The highest BCUT2D eigenvalue weighted by Crippen LogP contribution is 2.59. The molecule has 18 heteroatoms. The predicted molar refractivity (Wildman–Crippen MR) is 179 cm³/mol. The molecule has 6 rings (SSSR count). The second-order valence-corrected chi connectivity index (χ2v) is 15.0. The number of esters is 1. The van der Waals surface area contributed by atoms with Gasteiger partial charge < -0.3 is 10.5 Å². The zero-order chi connectivity index (χ0) is 37.8. The summed E-state index contributed by atoms with van der Waals surface area (Å²) in [6.45, 7) is 6.08. The molecule has 2 aliphatic rings. The summed E-state index contributed by atoms with van der Waals surface area (Å²) in [4.78, 5) is 39.1. The van der Waals surface area contributed by atoms with E-state index in [1.54, 1.807) is 31.3 Å². The minimum atomic E-state index is -3.11. The largest absolute Gasteiger partial charge is 0.463 e. The molecule has 2 atom stereocenters. The molecule has 3 N–H and O–H groups in total. The zero-order valence-corrected chi connectivity index (χ0v) is 29.8. The van der Waals surface area contributed by atoms with E-state index < -0.39 is 65.5 Å². The van der Waals surface area contributed by atoms with Crippen molar-refractivity contribution in [2.75, 3.05) is 6.61 Å². The number of ether oxygens (including phenoxy) is 1. The first-order valence-electron chi connectivity index (χ1n) is 16.4. The second-order valence-electron chi connectivity index (χ2n) is 14.6. The van der Waals surface area contributed by atoms with Crippen LogP contribution >= 0.6 is 11.6 Å². The maximum atomic E-state index is 14.9. The van der Waals surface area contributed by atoms with Crippen LogP contribution in [0, 0.1) is 10.8 Å². The van der Waals surface area contributed by atoms with E-state index in [4.69, 9.17) is 27.1 Å². The number of aliphatic imine (C=N–C) groups is 1. The number of tetrazole rings is 1. The number of rotatable bonds is 12. The van der Waals surface area contributed by atoms with Crippen molar-refractivity contribution in [1.29, 1.82) is 0 Å². The van der Waals surface area contributed by atoms with Crippen LogP contribution in [0.15, 0.2) is 53.8 Å². The number of nitrogens with two attached hydrogens (primary N) is 1. The van der Waals surface area contributed by atoms with Crippen molar-refractivity contribution in [2.45, 2.75) is 77.3 Å². The average molecular weight is 746 g/mol. The van der Waals surface area contributed by atoms with E-state index >= 15 is 0 Å². The quantitative estimate of drug-likeness (QED) is 0.111. The maximum Gasteiger partial charge on any atom is 0.338 e. The summed E-state index contributed by atoms with van der Waals surface area (Å²) in [5.41, 5.74) is 4.53. The average Bonchev–Trinajstić information content (AvgIpc) is 3.36. The van der Waals surface area contributed by atoms with Gasteiger partial charge in [0.25, 0.3) is 18.3 Å². The number of carbonyl (C=O) groups excluding carboxylic acids is 2. The number of guanidine groups is 1. The van der Waals surface area contributed by atoms with Crippen LogP contribution in [0.4, 0.5) is 17.6 Å². The lowest BCUT2D eigenvalue weighted by Gasteiger charge is -2.35. The van der Waals surface area contributed by atoms with Crippen LogP contribution in [0.25, 0.3) is 17.1 Å². The van der Waals surface area contributed by atoms with Gasteiger partial charge in [-0.3, -0.25) is 14.5 Å². The molecule has 1 aliphatic heterocycles. The van der Waals surface area contributed by atoms with Crippen molar-refractivity contribution < 1.29 is 36.7 Å². The van der Waals surface area contributed by atoms with Gasteiger partial charge in [0, 0.05) is 5.41 Å². The minimum Gasteiger partial charge on any atom is -0.463 e. The number of nitrogens with one attached hydrogen (secondary N) is 1. The topological polar surface area (TPSA) is 161 Å². The van der Waals surface area contributed by atoms with E-state index in [1.165, 1.54) is 27.9 Å². The van der Waals surface area contributed by atoms with Crippen LogP contribution in [0.5, 0.6) is 0 Å². The Labute approximate surface area is 301 Å². The van der Waals surface area contributed by atoms with Crippen LogP contribution in [-0.4, -0.2) is 65.4 Å². The van der Waals surface area contributed by atoms with Crippen molar-refractivity contribution in [3.05, 3.63) is 70.8 Å². The van der Waals surface area contributed by atoms with Crippen LogP contribution in [0.3, 0.4) is 0 Å². The van der Waals surface area contributed by atoms with Gasteiger partial charge in [-0.25, -0.2) is 32.2 Å². The molecule has 13 nitrogen and oxygen atoms in total. The number of aromatic nitrogens is 7. The van der Waals surface area contributed by atoms with Crippen LogP contribution in [-0.2, 0) is 26.9 Å². The Balaban J connectivity index is 1.41. The van der Waals surface area contributed by atoms with Crippen molar-refractivity contribution in [2.24, 2.45) is 28.6 Å². The van der Waals surface area contributed by atoms with Crippen LogP contribution < -0.4 is 10.5 Å². The monoisotopic (exact) mass is 745 g/mol. The Morgan fingerprint density at radius 2 is 1.83 bits per heavy atom. The molecule has 2 aromatic heterocycles. The van der Waals surface area contributed by atoms with Crippen LogP contribution in [0.2, 0.25) is 5.02 Å². The van der Waals surface area contributed by atoms with Crippen molar-refractivity contribution >= 4 is 29.4 Å². The summed E-state index contributed by atoms with van der Waals surface area (Å²) in [7, 11) is 1.69. The molecule has 1 aliphatic carbocycles. The second kappa shape index (κ2) is 13.2. The summed E-state index contributed by atoms with van der Waals surface area (Å²) >= 11 is 6.46. The van der Waals surface area contributed by atoms with Crippen molar-refractivity contribution in [3.63, 3.8) is 0 Å². The van der Waals surface area contributed by atoms with Gasteiger partial charge in [-0.05, 0) is 77.3 Å². The summed E-state index contributed by atoms with van der Waals surface area (Å²) in [5.74, 6) is -5.01. The molecule has 1 saturated carbocycles. The molecule has 0 radical (unpaired) electrons. The number of amides is 1. The Bertz CT molecular complexity index is 2020. The first kappa shape index (κ1) is 36.8. The van der Waals surface area contributed by atoms with Gasteiger partial charge in [-0.1, -0.05) is 55.4 Å². The fourth-order valence-corrected chi connectivity index (χ4v) is 6.82. The SMILES string of the molecule is C[n+]1nc(-c2ccc([C@@]3(CC(C)(C)C)N=C(N)N([C@H](COC(=O)CC4(C(C)(F)F)CC4)c4ccc(Cl)c(-n5ncnc5C(F)F)c4)C3=O)cc2)n[nH]1. The lowest BCUT2D eigenvalue weighted by Crippen LogP contribution is -2.47. The molecule has 1 amide bonds. The zero-order valence-electron chi connectivity index (χ0n) is 29.1. The molecule has 0 saturated heterocycles. The van der Waals surface area contributed by atoms with Gasteiger partial charge in [0.2, 0.25) is 0 Å². The maximum absolute atomic E-state index is 14.9. The van der Waals surface area contributed by atoms with E-state index in [0.717, 1.165) is 17.9 Å². The van der Waals surface area contributed by atoms with Gasteiger partial charge in [0.1, 0.15) is 20.0 Å². The normalized spacial score (nSPS) is 19.2. The number of halogens is 5. The van der Waals surface area contributed by atoms with E-state index in [0.29, 0.717) is 17.0 Å². The third-order valence-electron chi connectivity index (χ3n) is 9.41. The number of hydrogen-bond acceptors (Lipinski definition) is 9. The van der Waals surface area contributed by atoms with Gasteiger partial charge in [-0.2, -0.15) is 5.10 Å². The summed E-state index contributed by atoms with van der Waals surface area (Å²) in [5, 5.41) is 15.1. The number of hydrogen-bond donors (Lipinski definition) is 2. The predicted octanol–water partition coefficient (Wildman–Crippen LogP) is 5.37. The highest BCUT2D eigenvalue weighted by Gasteiger charge is 2.60. The highest BCUT2D eigenvalue weighted by atomic mass is 35.5. The minimum absolute atomic E-state index is 0.00456. The molecular weight excluding hydrogens is 708 g/mol. The first-order valence-corrected chi connectivity index (χ1v) is 16.8. The molecular formula is C34H38ClF4N10O3+. The van der Waals surface area contributed by atoms with Crippen molar-refractivity contribution in [3.8, 4) is 17.1 Å². The smallest absolute Gasteiger partial charge is 0.338 e. The third-order valence-corrected chi connectivity index (χ3v) is 9.73. The van der Waals surface area contributed by atoms with E-state index in [9.17, 15) is 27.2 Å². The number of nitrogens with zero attached hydrogens (tertiary/aromatic N) is 8. The number of H-pyrrole nitrogens is 1. The van der Waals surface area contributed by atoms with Crippen LogP contribution in [0.1, 0.15) is 82.8 Å². The molecule has 0 unspecified atom stereocenters. The standard InChI is InChI=1S/C34H37ClF4N10O3/c1-31(2,3)17-34(21-9-6-19(7-10-21)27-44-46-47(5)45-27)29(51)48(30(40)43-34)24(16-52-25(50)15-33(12-13-33)32(4,38)39)20-8-11-22(35)23(14-20)49-28(26(36)37)41-18-42-49/h6-11,14,18,24,26H,12-13,15-17H2,1-5H3,(H2,40,43)/p+1/t24-,34-/m1/s1. The lowest BCUT2D eigenvalue weighted by atomic mass is 9.75. The number of alkyl halides is 4. The summed E-state index contributed by atoms with van der Waals surface area (Å²) in [6, 6.07) is 10.1.